The van der Waals surface area contributed by atoms with E-state index in [0.29, 0.717) is 28.5 Å². The molecule has 0 fully saturated rings. The van der Waals surface area contributed by atoms with E-state index in [1.807, 2.05) is 110 Å². The fourth-order valence-corrected chi connectivity index (χ4v) is 13.7. The molecule has 0 spiro atoms. The Morgan fingerprint density at radius 1 is 0.426 bits per heavy atom. The molecule has 1 aliphatic rings. The van der Waals surface area contributed by atoms with Gasteiger partial charge in [0, 0.05) is 33.6 Å². The molecule has 7 aromatic carbocycles. The van der Waals surface area contributed by atoms with E-state index in [9.17, 15) is 13.2 Å². The van der Waals surface area contributed by atoms with Crippen molar-refractivity contribution in [1.82, 2.24) is 19.9 Å². The molecule has 0 bridgehead atoms. The number of halogens is 3. The third-order valence-corrected chi connectivity index (χ3v) is 16.1. The molecule has 3 heterocycles. The molecule has 9 heteroatoms. The number of hydrogen-bond donors (Lipinski definition) is 0. The third kappa shape index (κ3) is 6.60. The number of pyridine rings is 1. The summed E-state index contributed by atoms with van der Waals surface area (Å²) in [5, 5.41) is 4.78. The standard InChI is InChI=1S/C52H36F3N5Si/c1-35-30-31-40(48-41(32-33-47(56-48)52(53,54)55)51-58-49(36-18-6-2-7-19-36)57-50(59-51)37-20-8-3-9-21-37)44(34-35)60-42-26-14-16-28-45(42)61(38-22-10-4-11-23-38,39-24-12-5-13-25-39)46-29-17-15-27-43(46)60/h2-34H,1H3. The number of alkyl halides is 3. The van der Waals surface area contributed by atoms with Gasteiger partial charge in [-0.25, -0.2) is 19.9 Å². The molecule has 2 aromatic heterocycles. The maximum Gasteiger partial charge on any atom is 0.433 e. The van der Waals surface area contributed by atoms with Gasteiger partial charge in [0.25, 0.3) is 0 Å². The van der Waals surface area contributed by atoms with Crippen LogP contribution in [0.2, 0.25) is 0 Å². The van der Waals surface area contributed by atoms with E-state index in [-0.39, 0.29) is 11.5 Å². The van der Waals surface area contributed by atoms with Crippen LogP contribution in [0.4, 0.5) is 30.2 Å². The fourth-order valence-electron chi connectivity index (χ4n) is 8.63. The number of rotatable bonds is 7. The van der Waals surface area contributed by atoms with E-state index < -0.39 is 19.9 Å². The SMILES string of the molecule is Cc1ccc(-c2nc(C(F)(F)F)ccc2-c2nc(-c3ccccc3)nc(-c3ccccc3)n2)c(N2c3ccccc3[Si](c3ccccc3)(c3ccccc3)c3ccccc32)c1. The number of aromatic nitrogens is 4. The smallest absolute Gasteiger partial charge is 0.310 e. The summed E-state index contributed by atoms with van der Waals surface area (Å²) in [4.78, 5) is 21.4. The van der Waals surface area contributed by atoms with Gasteiger partial charge in [0.15, 0.2) is 25.5 Å². The molecule has 10 rings (SSSR count). The molecule has 0 saturated heterocycles. The first-order valence-corrected chi connectivity index (χ1v) is 22.0. The summed E-state index contributed by atoms with van der Waals surface area (Å²) >= 11 is 0. The summed E-state index contributed by atoms with van der Waals surface area (Å²) in [7, 11) is -2.97. The van der Waals surface area contributed by atoms with Gasteiger partial charge in [0.05, 0.1) is 11.4 Å². The monoisotopic (exact) mass is 815 g/mol. The first kappa shape index (κ1) is 37.8. The Kier molecular flexibility index (Phi) is 9.45. The van der Waals surface area contributed by atoms with Crippen molar-refractivity contribution in [2.24, 2.45) is 0 Å². The molecule has 5 nitrogen and oxygen atoms in total. The van der Waals surface area contributed by atoms with Gasteiger partial charge in [-0.05, 0) is 63.6 Å². The minimum absolute atomic E-state index is 0.101. The Labute approximate surface area is 352 Å². The van der Waals surface area contributed by atoms with Crippen LogP contribution in [-0.4, -0.2) is 28.0 Å². The van der Waals surface area contributed by atoms with E-state index in [2.05, 4.69) is 94.8 Å². The van der Waals surface area contributed by atoms with Crippen LogP contribution < -0.4 is 25.6 Å². The molecule has 0 saturated carbocycles. The van der Waals surface area contributed by atoms with Gasteiger partial charge in [-0.3, -0.25) is 0 Å². The second kappa shape index (κ2) is 15.3. The first-order chi connectivity index (χ1) is 29.8. The fraction of sp³-hybridized carbons (Fsp3) is 0.0385. The highest BCUT2D eigenvalue weighted by Gasteiger charge is 2.49. The van der Waals surface area contributed by atoms with Gasteiger partial charge in [0.2, 0.25) is 0 Å². The Morgan fingerprint density at radius 2 is 0.869 bits per heavy atom. The molecule has 0 unspecified atom stereocenters. The average molecular weight is 816 g/mol. The lowest BCUT2D eigenvalue weighted by Gasteiger charge is -2.45. The predicted octanol–water partition coefficient (Wildman–Crippen LogP) is 10.4. The van der Waals surface area contributed by atoms with Gasteiger partial charge in [-0.1, -0.05) is 170 Å². The normalized spacial score (nSPS) is 13.0. The van der Waals surface area contributed by atoms with Gasteiger partial charge in [-0.15, -0.1) is 0 Å². The molecule has 294 valence electrons. The van der Waals surface area contributed by atoms with Crippen LogP contribution in [-0.2, 0) is 6.18 Å². The second-order valence-corrected chi connectivity index (χ2v) is 18.7. The molecule has 61 heavy (non-hydrogen) atoms. The van der Waals surface area contributed by atoms with E-state index in [0.717, 1.165) is 44.5 Å². The Bertz CT molecular complexity index is 2890. The summed E-state index contributed by atoms with van der Waals surface area (Å²) in [6, 6.07) is 65.5. The summed E-state index contributed by atoms with van der Waals surface area (Å²) in [5.41, 5.74) is 4.90. The Hall–Kier alpha value is -7.49. The van der Waals surface area contributed by atoms with E-state index in [1.54, 1.807) is 0 Å². The molecule has 0 atom stereocenters. The number of aryl methyl sites for hydroxylation is 1. The number of nitrogens with zero attached hydrogens (tertiary/aromatic N) is 5. The molecular weight excluding hydrogens is 780 g/mol. The van der Waals surface area contributed by atoms with E-state index in [4.69, 9.17) is 15.0 Å². The molecule has 1 aliphatic heterocycles. The summed E-state index contributed by atoms with van der Waals surface area (Å²) in [5.74, 6) is 0.984. The highest BCUT2D eigenvalue weighted by molar-refractivity contribution is 7.21. The molecule has 0 radical (unpaired) electrons. The number of benzene rings is 7. The first-order valence-electron chi connectivity index (χ1n) is 20.0. The van der Waals surface area contributed by atoms with Crippen molar-refractivity contribution in [3.05, 3.63) is 211 Å². The van der Waals surface area contributed by atoms with Gasteiger partial charge >= 0.3 is 6.18 Å². The maximum absolute atomic E-state index is 14.8. The number of hydrogen-bond acceptors (Lipinski definition) is 5. The average Bonchev–Trinajstić information content (AvgIpc) is 3.31. The minimum Gasteiger partial charge on any atom is -0.310 e. The lowest BCUT2D eigenvalue weighted by molar-refractivity contribution is -0.141. The van der Waals surface area contributed by atoms with Crippen LogP contribution in [0.1, 0.15) is 11.3 Å². The zero-order valence-electron chi connectivity index (χ0n) is 32.9. The van der Waals surface area contributed by atoms with Crippen LogP contribution in [0.5, 0.6) is 0 Å². The second-order valence-electron chi connectivity index (χ2n) is 15.0. The molecule has 0 N–H and O–H groups in total. The molecule has 9 aromatic rings. The zero-order valence-corrected chi connectivity index (χ0v) is 33.9. The van der Waals surface area contributed by atoms with Crippen molar-refractivity contribution in [1.29, 1.82) is 0 Å². The number of anilines is 3. The van der Waals surface area contributed by atoms with Crippen molar-refractivity contribution in [3.8, 4) is 45.4 Å². The molecule has 0 amide bonds. The maximum atomic E-state index is 14.8. The van der Waals surface area contributed by atoms with Crippen LogP contribution in [0.3, 0.4) is 0 Å². The highest BCUT2D eigenvalue weighted by atomic mass is 28.3. The summed E-state index contributed by atoms with van der Waals surface area (Å²) in [6.07, 6.45) is -4.72. The quantitative estimate of drug-likeness (QED) is 0.150. The number of fused-ring (bicyclic) bond motifs is 2. The third-order valence-electron chi connectivity index (χ3n) is 11.3. The van der Waals surface area contributed by atoms with E-state index >= 15 is 0 Å². The van der Waals surface area contributed by atoms with Gasteiger partial charge in [0.1, 0.15) is 5.69 Å². The van der Waals surface area contributed by atoms with Crippen LogP contribution in [0, 0.1) is 6.92 Å². The summed E-state index contributed by atoms with van der Waals surface area (Å²) < 4.78 is 44.4. The molecule has 0 aliphatic carbocycles. The lowest BCUT2D eigenvalue weighted by atomic mass is 9.99. The zero-order chi connectivity index (χ0) is 41.6. The van der Waals surface area contributed by atoms with Crippen molar-refractivity contribution in [2.75, 3.05) is 4.90 Å². The summed E-state index contributed by atoms with van der Waals surface area (Å²) in [6.45, 7) is 1.99. The topological polar surface area (TPSA) is 54.8 Å². The van der Waals surface area contributed by atoms with Crippen molar-refractivity contribution < 1.29 is 13.2 Å². The van der Waals surface area contributed by atoms with Crippen LogP contribution >= 0.6 is 0 Å². The van der Waals surface area contributed by atoms with Crippen molar-refractivity contribution in [2.45, 2.75) is 13.1 Å². The highest BCUT2D eigenvalue weighted by Crippen LogP contribution is 2.45. The van der Waals surface area contributed by atoms with E-state index in [1.165, 1.54) is 16.4 Å². The Morgan fingerprint density at radius 3 is 1.38 bits per heavy atom. The lowest BCUT2D eigenvalue weighted by Crippen LogP contribution is -2.77. The predicted molar refractivity (Wildman–Crippen MR) is 241 cm³/mol. The van der Waals surface area contributed by atoms with Crippen LogP contribution in [0.15, 0.2) is 200 Å². The minimum atomic E-state index is -4.72. The van der Waals surface area contributed by atoms with Gasteiger partial charge < -0.3 is 4.90 Å². The van der Waals surface area contributed by atoms with Crippen LogP contribution in [0.25, 0.3) is 45.4 Å². The largest absolute Gasteiger partial charge is 0.433 e. The van der Waals surface area contributed by atoms with Gasteiger partial charge in [-0.2, -0.15) is 13.2 Å². The molecular formula is C52H36F3N5Si. The van der Waals surface area contributed by atoms with Crippen molar-refractivity contribution >= 4 is 45.9 Å². The Balaban J connectivity index is 1.26. The number of para-hydroxylation sites is 2. The van der Waals surface area contributed by atoms with Crippen molar-refractivity contribution in [3.63, 3.8) is 0 Å².